The van der Waals surface area contributed by atoms with Crippen molar-refractivity contribution in [2.45, 2.75) is 12.7 Å². The third-order valence-electron chi connectivity index (χ3n) is 2.00. The summed E-state index contributed by atoms with van der Waals surface area (Å²) in [5, 5.41) is 1.17. The number of benzene rings is 1. The van der Waals surface area contributed by atoms with Gasteiger partial charge in [0.05, 0.1) is 10.2 Å². The van der Waals surface area contributed by atoms with Gasteiger partial charge in [0, 0.05) is 5.39 Å². The summed E-state index contributed by atoms with van der Waals surface area (Å²) in [5.74, 6) is 3.13. The molecule has 0 fully saturated rings. The number of rotatable bonds is 3. The Bertz CT molecular complexity index is 436. The molecule has 0 unspecified atom stereocenters. The Morgan fingerprint density at radius 1 is 1.43 bits per heavy atom. The minimum Gasteiger partial charge on any atom is -0.459 e. The molecule has 14 heavy (non-hydrogen) atoms. The smallest absolute Gasteiger partial charge is 0.148 e. The van der Waals surface area contributed by atoms with Crippen LogP contribution in [0.1, 0.15) is 12.7 Å². The van der Waals surface area contributed by atoms with Crippen molar-refractivity contribution in [3.63, 3.8) is 0 Å². The average molecular weight is 271 g/mol. The molecule has 0 radical (unpaired) electrons. The molecule has 0 amide bonds. The molecule has 0 spiro atoms. The van der Waals surface area contributed by atoms with Crippen LogP contribution in [0.3, 0.4) is 0 Å². The lowest BCUT2D eigenvalue weighted by atomic mass is 10.2. The maximum absolute atomic E-state index is 5.73. The summed E-state index contributed by atoms with van der Waals surface area (Å²) >= 11 is 5.35. The summed E-state index contributed by atoms with van der Waals surface area (Å²) in [6, 6.07) is 8.22. The van der Waals surface area contributed by atoms with E-state index in [1.54, 1.807) is 0 Å². The van der Waals surface area contributed by atoms with Gasteiger partial charge in [0.15, 0.2) is 0 Å². The van der Waals surface area contributed by atoms with E-state index in [9.17, 15) is 0 Å². The first-order valence-electron chi connectivity index (χ1n) is 4.56. The van der Waals surface area contributed by atoms with Crippen LogP contribution < -0.4 is 0 Å². The van der Waals surface area contributed by atoms with Crippen molar-refractivity contribution >= 4 is 38.7 Å². The number of halogens is 1. The zero-order valence-electron chi connectivity index (χ0n) is 7.92. The first-order chi connectivity index (χ1) is 6.81. The van der Waals surface area contributed by atoms with Crippen molar-refractivity contribution in [2.24, 2.45) is 0 Å². The fourth-order valence-electron chi connectivity index (χ4n) is 1.35. The van der Waals surface area contributed by atoms with Gasteiger partial charge in [0.1, 0.15) is 11.3 Å². The maximum atomic E-state index is 5.73. The normalized spacial score (nSPS) is 11.0. The van der Waals surface area contributed by atoms with Gasteiger partial charge in [-0.1, -0.05) is 19.1 Å². The third kappa shape index (κ3) is 1.98. The summed E-state index contributed by atoms with van der Waals surface area (Å²) in [6.45, 7) is 2.16. The number of thioether (sulfide) groups is 1. The largest absolute Gasteiger partial charge is 0.459 e. The summed E-state index contributed by atoms with van der Waals surface area (Å²) < 4.78 is 6.76. The van der Waals surface area contributed by atoms with Crippen molar-refractivity contribution in [1.82, 2.24) is 0 Å². The fourth-order valence-corrected chi connectivity index (χ4v) is 2.36. The van der Waals surface area contributed by atoms with E-state index in [0.717, 1.165) is 27.3 Å². The topological polar surface area (TPSA) is 13.1 Å². The second-order valence-corrected chi connectivity index (χ2v) is 5.14. The molecule has 1 aromatic heterocycles. The van der Waals surface area contributed by atoms with Crippen LogP contribution in [0.15, 0.2) is 33.2 Å². The van der Waals surface area contributed by atoms with Gasteiger partial charge in [-0.15, -0.1) is 0 Å². The lowest BCUT2D eigenvalue weighted by molar-refractivity contribution is 0.572. The third-order valence-corrected chi connectivity index (χ3v) is 3.52. The van der Waals surface area contributed by atoms with Gasteiger partial charge in [-0.05, 0) is 33.8 Å². The zero-order valence-corrected chi connectivity index (χ0v) is 10.3. The summed E-state index contributed by atoms with van der Waals surface area (Å²) in [7, 11) is 0. The van der Waals surface area contributed by atoms with Gasteiger partial charge in [0.25, 0.3) is 0 Å². The van der Waals surface area contributed by atoms with Crippen LogP contribution in [0.5, 0.6) is 0 Å². The second kappa shape index (κ2) is 4.41. The minimum absolute atomic E-state index is 0.956. The van der Waals surface area contributed by atoms with E-state index in [0.29, 0.717) is 0 Å². The molecule has 1 heterocycles. The Morgan fingerprint density at radius 2 is 2.29 bits per heavy atom. The van der Waals surface area contributed by atoms with Crippen LogP contribution >= 0.6 is 27.7 Å². The van der Waals surface area contributed by atoms with Gasteiger partial charge in [-0.25, -0.2) is 0 Å². The number of hydrogen-bond donors (Lipinski definition) is 0. The molecule has 0 aliphatic rings. The predicted molar refractivity (Wildman–Crippen MR) is 65.8 cm³/mol. The van der Waals surface area contributed by atoms with Gasteiger partial charge in [-0.2, -0.15) is 11.8 Å². The van der Waals surface area contributed by atoms with Crippen LogP contribution in [0.25, 0.3) is 11.0 Å². The minimum atomic E-state index is 0.956. The number of para-hydroxylation sites is 1. The van der Waals surface area contributed by atoms with Crippen molar-refractivity contribution < 1.29 is 4.42 Å². The van der Waals surface area contributed by atoms with E-state index in [4.69, 9.17) is 4.42 Å². The van der Waals surface area contributed by atoms with E-state index in [1.807, 2.05) is 23.9 Å². The van der Waals surface area contributed by atoms with Gasteiger partial charge in [0.2, 0.25) is 0 Å². The van der Waals surface area contributed by atoms with E-state index < -0.39 is 0 Å². The van der Waals surface area contributed by atoms with Crippen molar-refractivity contribution in [1.29, 1.82) is 0 Å². The Balaban J connectivity index is 2.36. The molecule has 0 aliphatic carbocycles. The molecule has 2 rings (SSSR count). The quantitative estimate of drug-likeness (QED) is 0.818. The van der Waals surface area contributed by atoms with Crippen molar-refractivity contribution in [2.75, 3.05) is 5.75 Å². The highest BCUT2D eigenvalue weighted by Crippen LogP contribution is 2.28. The molecular weight excluding hydrogens is 260 g/mol. The SMILES string of the molecule is CCSCc1cc2cccc(Br)c2o1. The maximum Gasteiger partial charge on any atom is 0.148 e. The lowest BCUT2D eigenvalue weighted by Gasteiger charge is -1.92. The van der Waals surface area contributed by atoms with Gasteiger partial charge >= 0.3 is 0 Å². The average Bonchev–Trinajstić information content (AvgIpc) is 2.59. The van der Waals surface area contributed by atoms with Crippen molar-refractivity contribution in [3.8, 4) is 0 Å². The Kier molecular flexibility index (Phi) is 3.19. The van der Waals surface area contributed by atoms with E-state index in [-0.39, 0.29) is 0 Å². The Morgan fingerprint density at radius 3 is 3.00 bits per heavy atom. The Labute approximate surface area is 96.0 Å². The molecule has 74 valence electrons. The summed E-state index contributed by atoms with van der Waals surface area (Å²) in [6.07, 6.45) is 0. The fraction of sp³-hybridized carbons (Fsp3) is 0.273. The van der Waals surface area contributed by atoms with Crippen LogP contribution in [0, 0.1) is 0 Å². The monoisotopic (exact) mass is 270 g/mol. The molecule has 0 saturated heterocycles. The van der Waals surface area contributed by atoms with E-state index in [2.05, 4.69) is 35.0 Å². The van der Waals surface area contributed by atoms with E-state index >= 15 is 0 Å². The number of fused-ring (bicyclic) bond motifs is 1. The molecule has 2 aromatic rings. The van der Waals surface area contributed by atoms with Crippen LogP contribution in [-0.2, 0) is 5.75 Å². The van der Waals surface area contributed by atoms with Gasteiger partial charge < -0.3 is 4.42 Å². The molecule has 0 bridgehead atoms. The first-order valence-corrected chi connectivity index (χ1v) is 6.50. The molecule has 0 aliphatic heterocycles. The molecule has 1 aromatic carbocycles. The molecule has 3 heteroatoms. The number of hydrogen-bond acceptors (Lipinski definition) is 2. The summed E-state index contributed by atoms with van der Waals surface area (Å²) in [4.78, 5) is 0. The predicted octanol–water partition coefficient (Wildman–Crippen LogP) is 4.45. The molecule has 0 N–H and O–H groups in total. The molecule has 0 atom stereocenters. The second-order valence-electron chi connectivity index (χ2n) is 3.01. The highest BCUT2D eigenvalue weighted by Gasteiger charge is 2.05. The van der Waals surface area contributed by atoms with Gasteiger partial charge in [-0.3, -0.25) is 0 Å². The molecule has 0 saturated carbocycles. The molecular formula is C11H11BrOS. The summed E-state index contributed by atoms with van der Waals surface area (Å²) in [5.41, 5.74) is 0.958. The van der Waals surface area contributed by atoms with Crippen LogP contribution in [-0.4, -0.2) is 5.75 Å². The van der Waals surface area contributed by atoms with Crippen molar-refractivity contribution in [3.05, 3.63) is 34.5 Å². The Hall–Kier alpha value is -0.410. The molecule has 1 nitrogen and oxygen atoms in total. The highest BCUT2D eigenvalue weighted by molar-refractivity contribution is 9.10. The van der Waals surface area contributed by atoms with Crippen LogP contribution in [0.4, 0.5) is 0 Å². The first kappa shape index (κ1) is 10.1. The highest BCUT2D eigenvalue weighted by atomic mass is 79.9. The zero-order chi connectivity index (χ0) is 9.97. The lowest BCUT2D eigenvalue weighted by Crippen LogP contribution is -1.73. The number of furan rings is 1. The van der Waals surface area contributed by atoms with Crippen LogP contribution in [0.2, 0.25) is 0 Å². The standard InChI is InChI=1S/C11H11BrOS/c1-2-14-7-9-6-8-4-3-5-10(12)11(8)13-9/h3-6H,2,7H2,1H3. The van der Waals surface area contributed by atoms with E-state index in [1.165, 1.54) is 5.39 Å².